The lowest BCUT2D eigenvalue weighted by atomic mass is 10.1. The van der Waals surface area contributed by atoms with Gasteiger partial charge in [0.25, 0.3) is 0 Å². The summed E-state index contributed by atoms with van der Waals surface area (Å²) in [4.78, 5) is 10.9. The van der Waals surface area contributed by atoms with E-state index in [4.69, 9.17) is 9.84 Å². The summed E-state index contributed by atoms with van der Waals surface area (Å²) >= 11 is 3.61. The number of aromatic nitrogens is 2. The highest BCUT2D eigenvalue weighted by atomic mass is 79.9. The van der Waals surface area contributed by atoms with Crippen LogP contribution in [0.4, 0.5) is 11.6 Å². The van der Waals surface area contributed by atoms with Crippen LogP contribution in [0.3, 0.4) is 0 Å². The van der Waals surface area contributed by atoms with Crippen LogP contribution in [0.1, 0.15) is 26.2 Å². The second-order valence-corrected chi connectivity index (χ2v) is 5.86. The number of hydrogen-bond donors (Lipinski definition) is 2. The number of anilines is 2. The van der Waals surface area contributed by atoms with Crippen LogP contribution >= 0.6 is 15.9 Å². The number of halogens is 1. The Morgan fingerprint density at radius 1 is 1.43 bits per heavy atom. The summed E-state index contributed by atoms with van der Waals surface area (Å²) < 4.78 is 6.51. The van der Waals surface area contributed by atoms with Crippen molar-refractivity contribution in [1.82, 2.24) is 9.97 Å². The summed E-state index contributed by atoms with van der Waals surface area (Å²) in [5, 5.41) is 12.1. The normalized spacial score (nSPS) is 16.2. The number of nitrogens with zero attached hydrogens (tertiary/aromatic N) is 3. The number of nitrogens with one attached hydrogen (secondary N) is 1. The molecule has 0 aromatic carbocycles. The van der Waals surface area contributed by atoms with Crippen molar-refractivity contribution in [3.63, 3.8) is 0 Å². The molecule has 0 saturated carbocycles. The first-order chi connectivity index (χ1) is 10.3. The molecule has 1 aliphatic rings. The Kier molecular flexibility index (Phi) is 6.66. The van der Waals surface area contributed by atoms with E-state index in [0.29, 0.717) is 6.61 Å². The Morgan fingerprint density at radius 2 is 2.19 bits per heavy atom. The fraction of sp³-hybridized carbons (Fsp3) is 0.714. The number of piperidine rings is 1. The third-order valence-corrected chi connectivity index (χ3v) is 4.23. The zero-order valence-electron chi connectivity index (χ0n) is 12.4. The van der Waals surface area contributed by atoms with E-state index < -0.39 is 0 Å². The molecule has 118 valence electrons. The van der Waals surface area contributed by atoms with Gasteiger partial charge in [0.1, 0.15) is 22.4 Å². The monoisotopic (exact) mass is 358 g/mol. The van der Waals surface area contributed by atoms with Crippen LogP contribution in [0.5, 0.6) is 0 Å². The Hall–Kier alpha value is -0.920. The lowest BCUT2D eigenvalue weighted by Crippen LogP contribution is -2.38. The first-order valence-electron chi connectivity index (χ1n) is 7.48. The Bertz CT molecular complexity index is 439. The Morgan fingerprint density at radius 3 is 2.86 bits per heavy atom. The van der Waals surface area contributed by atoms with Gasteiger partial charge in [0.05, 0.1) is 19.3 Å². The van der Waals surface area contributed by atoms with Gasteiger partial charge < -0.3 is 20.1 Å². The van der Waals surface area contributed by atoms with Gasteiger partial charge in [0.2, 0.25) is 0 Å². The number of rotatable bonds is 7. The van der Waals surface area contributed by atoms with E-state index in [1.807, 2.05) is 0 Å². The molecule has 7 heteroatoms. The van der Waals surface area contributed by atoms with Crippen molar-refractivity contribution in [2.75, 3.05) is 43.1 Å². The van der Waals surface area contributed by atoms with E-state index in [0.717, 1.165) is 55.0 Å². The number of aliphatic hydroxyl groups excluding tert-OH is 1. The molecule has 6 nitrogen and oxygen atoms in total. The molecular formula is C14H23BrN4O2. The molecule has 0 amide bonds. The summed E-state index contributed by atoms with van der Waals surface area (Å²) in [6, 6.07) is 0. The largest absolute Gasteiger partial charge is 0.394 e. The van der Waals surface area contributed by atoms with Gasteiger partial charge in [-0.05, 0) is 35.2 Å². The van der Waals surface area contributed by atoms with Crippen LogP contribution in [-0.2, 0) is 4.74 Å². The lowest BCUT2D eigenvalue weighted by molar-refractivity contribution is 0.0158. The second-order valence-electron chi connectivity index (χ2n) is 5.07. The predicted molar refractivity (Wildman–Crippen MR) is 86.8 cm³/mol. The maximum atomic E-state index is 8.80. The predicted octanol–water partition coefficient (Wildman–Crippen LogP) is 2.04. The molecule has 2 N–H and O–H groups in total. The van der Waals surface area contributed by atoms with Gasteiger partial charge in [-0.1, -0.05) is 6.92 Å². The summed E-state index contributed by atoms with van der Waals surface area (Å²) in [5.41, 5.74) is 0. The highest BCUT2D eigenvalue weighted by Gasteiger charge is 2.23. The average Bonchev–Trinajstić information content (AvgIpc) is 2.52. The van der Waals surface area contributed by atoms with E-state index >= 15 is 0 Å². The van der Waals surface area contributed by atoms with Gasteiger partial charge >= 0.3 is 0 Å². The molecule has 1 aromatic rings. The van der Waals surface area contributed by atoms with Crippen LogP contribution in [0, 0.1) is 0 Å². The van der Waals surface area contributed by atoms with Crippen molar-refractivity contribution in [2.45, 2.75) is 32.3 Å². The van der Waals surface area contributed by atoms with E-state index in [2.05, 4.69) is 43.0 Å². The zero-order valence-corrected chi connectivity index (χ0v) is 14.0. The van der Waals surface area contributed by atoms with E-state index in [-0.39, 0.29) is 12.7 Å². The maximum absolute atomic E-state index is 8.80. The van der Waals surface area contributed by atoms with E-state index in [9.17, 15) is 0 Å². The molecule has 1 fully saturated rings. The highest BCUT2D eigenvalue weighted by molar-refractivity contribution is 9.10. The zero-order chi connectivity index (χ0) is 15.1. The van der Waals surface area contributed by atoms with Crippen LogP contribution < -0.4 is 10.2 Å². The standard InChI is InChI=1S/C14H23BrN4O2/c1-2-5-16-13-12(15)14(18-10-17-13)19-6-3-11(4-7-19)21-9-8-20/h10-11,20H,2-9H2,1H3,(H,16,17,18). The SMILES string of the molecule is CCCNc1ncnc(N2CCC(OCCO)CC2)c1Br. The Labute approximate surface area is 134 Å². The number of hydrogen-bond acceptors (Lipinski definition) is 6. The van der Waals surface area contributed by atoms with Crippen LogP contribution in [0.2, 0.25) is 0 Å². The van der Waals surface area contributed by atoms with Gasteiger partial charge in [-0.15, -0.1) is 0 Å². The molecule has 0 radical (unpaired) electrons. The van der Waals surface area contributed by atoms with E-state index in [1.54, 1.807) is 6.33 Å². The third-order valence-electron chi connectivity index (χ3n) is 3.50. The number of ether oxygens (including phenoxy) is 1. The molecule has 1 aliphatic heterocycles. The summed E-state index contributed by atoms with van der Waals surface area (Å²) in [5.74, 6) is 1.78. The first-order valence-corrected chi connectivity index (χ1v) is 8.27. The topological polar surface area (TPSA) is 70.5 Å². The minimum Gasteiger partial charge on any atom is -0.394 e. The molecule has 0 atom stereocenters. The number of aliphatic hydroxyl groups is 1. The smallest absolute Gasteiger partial charge is 0.148 e. The molecule has 0 aliphatic carbocycles. The van der Waals surface area contributed by atoms with Crippen molar-refractivity contribution >= 4 is 27.6 Å². The highest BCUT2D eigenvalue weighted by Crippen LogP contribution is 2.31. The van der Waals surface area contributed by atoms with Gasteiger partial charge in [-0.3, -0.25) is 0 Å². The molecule has 0 unspecified atom stereocenters. The molecule has 0 bridgehead atoms. The van der Waals surface area contributed by atoms with Gasteiger partial charge in [-0.25, -0.2) is 9.97 Å². The van der Waals surface area contributed by atoms with Crippen molar-refractivity contribution < 1.29 is 9.84 Å². The fourth-order valence-electron chi connectivity index (χ4n) is 2.40. The minimum absolute atomic E-state index is 0.0874. The van der Waals surface area contributed by atoms with Crippen molar-refractivity contribution in [3.05, 3.63) is 10.8 Å². The molecule has 1 saturated heterocycles. The fourth-order valence-corrected chi connectivity index (χ4v) is 3.00. The van der Waals surface area contributed by atoms with Crippen molar-refractivity contribution in [2.24, 2.45) is 0 Å². The maximum Gasteiger partial charge on any atom is 0.148 e. The second kappa shape index (κ2) is 8.51. The van der Waals surface area contributed by atoms with Gasteiger partial charge in [0.15, 0.2) is 0 Å². The van der Waals surface area contributed by atoms with Gasteiger partial charge in [0, 0.05) is 19.6 Å². The van der Waals surface area contributed by atoms with Crippen LogP contribution in [-0.4, -0.2) is 54.0 Å². The summed E-state index contributed by atoms with van der Waals surface area (Å²) in [7, 11) is 0. The van der Waals surface area contributed by atoms with Crippen LogP contribution in [0.25, 0.3) is 0 Å². The lowest BCUT2D eigenvalue weighted by Gasteiger charge is -2.33. The van der Waals surface area contributed by atoms with Crippen molar-refractivity contribution in [3.8, 4) is 0 Å². The summed E-state index contributed by atoms with van der Waals surface area (Å²) in [6.07, 6.45) is 4.81. The quantitative estimate of drug-likeness (QED) is 0.777. The minimum atomic E-state index is 0.0874. The molecule has 2 rings (SSSR count). The first kappa shape index (κ1) is 16.5. The third kappa shape index (κ3) is 4.52. The van der Waals surface area contributed by atoms with Crippen LogP contribution in [0.15, 0.2) is 10.8 Å². The van der Waals surface area contributed by atoms with E-state index in [1.165, 1.54) is 0 Å². The molecule has 1 aromatic heterocycles. The summed E-state index contributed by atoms with van der Waals surface area (Å²) in [6.45, 7) is 5.33. The molecule has 21 heavy (non-hydrogen) atoms. The molecule has 2 heterocycles. The van der Waals surface area contributed by atoms with Crippen molar-refractivity contribution in [1.29, 1.82) is 0 Å². The Balaban J connectivity index is 1.96. The average molecular weight is 359 g/mol. The molecular weight excluding hydrogens is 336 g/mol. The molecule has 0 spiro atoms. The van der Waals surface area contributed by atoms with Gasteiger partial charge in [-0.2, -0.15) is 0 Å².